The average molecular weight is 275 g/mol. The number of hydrogen-bond acceptors (Lipinski definition) is 3. The summed E-state index contributed by atoms with van der Waals surface area (Å²) in [7, 11) is 0. The normalized spacial score (nSPS) is 17.9. The van der Waals surface area contributed by atoms with Gasteiger partial charge in [-0.2, -0.15) is 0 Å². The minimum Gasteiger partial charge on any atom is -0.268 e. The Morgan fingerprint density at radius 1 is 1.21 bits per heavy atom. The molecule has 0 spiro atoms. The van der Waals surface area contributed by atoms with Gasteiger partial charge in [0.15, 0.2) is 0 Å². The van der Waals surface area contributed by atoms with Crippen LogP contribution in [0, 0.1) is 12.8 Å². The molecule has 0 N–H and O–H groups in total. The van der Waals surface area contributed by atoms with Gasteiger partial charge in [-0.3, -0.25) is 14.5 Å². The SMILES string of the molecule is Cc1ccc(C=C2SC(=O)N(CC(C)C)C2=O)cc1. The molecule has 0 atom stereocenters. The van der Waals surface area contributed by atoms with Crippen molar-refractivity contribution in [3.05, 3.63) is 40.3 Å². The number of amides is 2. The summed E-state index contributed by atoms with van der Waals surface area (Å²) in [5.74, 6) is 0.108. The van der Waals surface area contributed by atoms with Gasteiger partial charge in [0.05, 0.1) is 4.91 Å². The molecular formula is C15H17NO2S. The molecule has 0 bridgehead atoms. The van der Waals surface area contributed by atoms with Gasteiger partial charge < -0.3 is 0 Å². The van der Waals surface area contributed by atoms with E-state index in [-0.39, 0.29) is 17.1 Å². The molecule has 0 saturated carbocycles. The number of hydrogen-bond donors (Lipinski definition) is 0. The highest BCUT2D eigenvalue weighted by Crippen LogP contribution is 2.32. The lowest BCUT2D eigenvalue weighted by Gasteiger charge is -2.14. The van der Waals surface area contributed by atoms with E-state index in [2.05, 4.69) is 0 Å². The number of rotatable bonds is 3. The Morgan fingerprint density at radius 3 is 2.42 bits per heavy atom. The van der Waals surface area contributed by atoms with Gasteiger partial charge in [0.25, 0.3) is 11.1 Å². The van der Waals surface area contributed by atoms with Gasteiger partial charge in [0.2, 0.25) is 0 Å². The van der Waals surface area contributed by atoms with Crippen LogP contribution in [-0.4, -0.2) is 22.6 Å². The van der Waals surface area contributed by atoms with Gasteiger partial charge in [-0.1, -0.05) is 43.7 Å². The Morgan fingerprint density at radius 2 is 1.84 bits per heavy atom. The van der Waals surface area contributed by atoms with Crippen LogP contribution >= 0.6 is 11.8 Å². The molecule has 4 heteroatoms. The van der Waals surface area contributed by atoms with Gasteiger partial charge in [-0.25, -0.2) is 0 Å². The molecule has 100 valence electrons. The first-order valence-electron chi connectivity index (χ1n) is 6.29. The smallest absolute Gasteiger partial charge is 0.268 e. The fraction of sp³-hybridized carbons (Fsp3) is 0.333. The first-order chi connectivity index (χ1) is 8.97. The standard InChI is InChI=1S/C15H17NO2S/c1-10(2)9-16-14(17)13(19-15(16)18)8-12-6-4-11(3)5-7-12/h4-8,10H,9H2,1-3H3. The molecular weight excluding hydrogens is 258 g/mol. The molecule has 2 amide bonds. The van der Waals surface area contributed by atoms with Crippen molar-refractivity contribution in [3.8, 4) is 0 Å². The number of carbonyl (C=O) groups excluding carboxylic acids is 2. The minimum absolute atomic E-state index is 0.169. The van der Waals surface area contributed by atoms with Crippen LogP contribution in [0.4, 0.5) is 4.79 Å². The zero-order valence-electron chi connectivity index (χ0n) is 11.3. The molecule has 3 nitrogen and oxygen atoms in total. The molecule has 0 aliphatic carbocycles. The van der Waals surface area contributed by atoms with Crippen molar-refractivity contribution in [3.63, 3.8) is 0 Å². The monoisotopic (exact) mass is 275 g/mol. The third kappa shape index (κ3) is 3.26. The number of nitrogens with zero attached hydrogens (tertiary/aromatic N) is 1. The molecule has 2 rings (SSSR count). The summed E-state index contributed by atoms with van der Waals surface area (Å²) in [5.41, 5.74) is 2.12. The second-order valence-electron chi connectivity index (χ2n) is 5.10. The lowest BCUT2D eigenvalue weighted by molar-refractivity contribution is -0.123. The average Bonchev–Trinajstić information content (AvgIpc) is 2.60. The van der Waals surface area contributed by atoms with E-state index in [1.54, 1.807) is 6.08 Å². The predicted octanol–water partition coefficient (Wildman–Crippen LogP) is 3.69. The van der Waals surface area contributed by atoms with Crippen molar-refractivity contribution < 1.29 is 9.59 Å². The van der Waals surface area contributed by atoms with E-state index in [4.69, 9.17) is 0 Å². The van der Waals surface area contributed by atoms with Gasteiger partial charge in [-0.15, -0.1) is 0 Å². The fourth-order valence-electron chi connectivity index (χ4n) is 1.84. The van der Waals surface area contributed by atoms with E-state index in [1.807, 2.05) is 45.0 Å². The molecule has 0 radical (unpaired) electrons. The third-order valence-corrected chi connectivity index (χ3v) is 3.70. The van der Waals surface area contributed by atoms with Gasteiger partial charge in [0, 0.05) is 6.54 Å². The van der Waals surface area contributed by atoms with Crippen LogP contribution in [0.15, 0.2) is 29.2 Å². The zero-order valence-corrected chi connectivity index (χ0v) is 12.2. The Balaban J connectivity index is 2.20. The van der Waals surface area contributed by atoms with Crippen molar-refractivity contribution in [1.82, 2.24) is 4.90 Å². The summed E-state index contributed by atoms with van der Waals surface area (Å²) >= 11 is 1.02. The molecule has 1 aromatic carbocycles. The number of aryl methyl sites for hydroxylation is 1. The topological polar surface area (TPSA) is 37.4 Å². The van der Waals surface area contributed by atoms with E-state index in [9.17, 15) is 9.59 Å². The maximum absolute atomic E-state index is 12.1. The number of benzene rings is 1. The number of imide groups is 1. The van der Waals surface area contributed by atoms with Crippen LogP contribution in [0.2, 0.25) is 0 Å². The highest BCUT2D eigenvalue weighted by atomic mass is 32.2. The van der Waals surface area contributed by atoms with Crippen molar-refractivity contribution in [1.29, 1.82) is 0 Å². The minimum atomic E-state index is -0.177. The highest BCUT2D eigenvalue weighted by Gasteiger charge is 2.35. The summed E-state index contributed by atoms with van der Waals surface area (Å²) in [5, 5.41) is -0.169. The Hall–Kier alpha value is -1.55. The van der Waals surface area contributed by atoms with Crippen LogP contribution in [0.5, 0.6) is 0 Å². The summed E-state index contributed by atoms with van der Waals surface area (Å²) in [6.45, 7) is 6.48. The van der Waals surface area contributed by atoms with E-state index in [0.29, 0.717) is 11.4 Å². The maximum Gasteiger partial charge on any atom is 0.293 e. The van der Waals surface area contributed by atoms with Crippen molar-refractivity contribution in [2.45, 2.75) is 20.8 Å². The van der Waals surface area contributed by atoms with Crippen molar-refractivity contribution in [2.75, 3.05) is 6.54 Å². The van der Waals surface area contributed by atoms with Crippen LogP contribution in [-0.2, 0) is 4.79 Å². The Kier molecular flexibility index (Phi) is 4.10. The van der Waals surface area contributed by atoms with Gasteiger partial charge in [0.1, 0.15) is 0 Å². The maximum atomic E-state index is 12.1. The first-order valence-corrected chi connectivity index (χ1v) is 7.11. The summed E-state index contributed by atoms with van der Waals surface area (Å²) in [4.78, 5) is 25.8. The quantitative estimate of drug-likeness (QED) is 0.790. The van der Waals surface area contributed by atoms with Crippen molar-refractivity contribution >= 4 is 29.0 Å². The lowest BCUT2D eigenvalue weighted by Crippen LogP contribution is -2.31. The molecule has 1 heterocycles. The number of carbonyl (C=O) groups is 2. The first kappa shape index (κ1) is 13.9. The Labute approximate surface area is 117 Å². The van der Waals surface area contributed by atoms with Crippen molar-refractivity contribution in [2.24, 2.45) is 5.92 Å². The zero-order chi connectivity index (χ0) is 14.0. The van der Waals surface area contributed by atoms with Crippen LogP contribution < -0.4 is 0 Å². The third-order valence-electron chi connectivity index (χ3n) is 2.80. The molecule has 0 aromatic heterocycles. The number of thioether (sulfide) groups is 1. The highest BCUT2D eigenvalue weighted by molar-refractivity contribution is 8.18. The summed E-state index contributed by atoms with van der Waals surface area (Å²) < 4.78 is 0. The van der Waals surface area contributed by atoms with Gasteiger partial charge in [-0.05, 0) is 36.2 Å². The van der Waals surface area contributed by atoms with Gasteiger partial charge >= 0.3 is 0 Å². The van der Waals surface area contributed by atoms with E-state index < -0.39 is 0 Å². The molecule has 1 aliphatic heterocycles. The summed E-state index contributed by atoms with van der Waals surface area (Å²) in [6.07, 6.45) is 1.78. The Bertz CT molecular complexity index is 532. The molecule has 1 saturated heterocycles. The van der Waals surface area contributed by atoms with E-state index in [1.165, 1.54) is 10.5 Å². The molecule has 1 aliphatic rings. The van der Waals surface area contributed by atoms with Crippen LogP contribution in [0.1, 0.15) is 25.0 Å². The molecule has 1 aromatic rings. The molecule has 1 fully saturated rings. The molecule has 19 heavy (non-hydrogen) atoms. The second kappa shape index (κ2) is 5.61. The van der Waals surface area contributed by atoms with E-state index in [0.717, 1.165) is 17.3 Å². The fourth-order valence-corrected chi connectivity index (χ4v) is 2.68. The van der Waals surface area contributed by atoms with Crippen LogP contribution in [0.3, 0.4) is 0 Å². The second-order valence-corrected chi connectivity index (χ2v) is 6.09. The lowest BCUT2D eigenvalue weighted by atomic mass is 10.1. The largest absolute Gasteiger partial charge is 0.293 e. The summed E-state index contributed by atoms with van der Waals surface area (Å²) in [6, 6.07) is 7.88. The molecule has 0 unspecified atom stereocenters. The predicted molar refractivity (Wildman–Crippen MR) is 78.7 cm³/mol. The van der Waals surface area contributed by atoms with E-state index >= 15 is 0 Å². The van der Waals surface area contributed by atoms with Crippen LogP contribution in [0.25, 0.3) is 6.08 Å².